The molecule has 0 saturated heterocycles. The maximum Gasteiger partial charge on any atom is 0.00200 e. The van der Waals surface area contributed by atoms with Crippen molar-refractivity contribution >= 4 is 0 Å². The van der Waals surface area contributed by atoms with Gasteiger partial charge in [0.15, 0.2) is 0 Å². The molecule has 1 aliphatic carbocycles. The van der Waals surface area contributed by atoms with E-state index in [-0.39, 0.29) is 0 Å². The van der Waals surface area contributed by atoms with E-state index in [9.17, 15) is 0 Å². The Morgan fingerprint density at radius 2 is 1.65 bits per heavy atom. The highest BCUT2D eigenvalue weighted by Crippen LogP contribution is 2.33. The number of nitrogens with two attached hydrogens (primary N) is 1. The van der Waals surface area contributed by atoms with Crippen molar-refractivity contribution in [3.63, 3.8) is 0 Å². The molecule has 0 amide bonds. The molecule has 0 aromatic carbocycles. The van der Waals surface area contributed by atoms with Gasteiger partial charge in [-0.05, 0) is 37.3 Å². The fourth-order valence-corrected chi connectivity index (χ4v) is 3.05. The lowest BCUT2D eigenvalue weighted by atomic mass is 9.80. The van der Waals surface area contributed by atoms with Crippen LogP contribution in [-0.4, -0.2) is 19.6 Å². The lowest BCUT2D eigenvalue weighted by molar-refractivity contribution is 0.236. The molecule has 0 unspecified atom stereocenters. The molecular formula is C15H32N2. The predicted molar refractivity (Wildman–Crippen MR) is 76.1 cm³/mol. The van der Waals surface area contributed by atoms with Crippen molar-refractivity contribution in [2.24, 2.45) is 17.1 Å². The summed E-state index contributed by atoms with van der Waals surface area (Å²) in [6, 6.07) is 0. The molecule has 102 valence electrons. The molecule has 0 bridgehead atoms. The van der Waals surface area contributed by atoms with Crippen molar-refractivity contribution in [2.75, 3.05) is 19.6 Å². The van der Waals surface area contributed by atoms with Gasteiger partial charge in [0.25, 0.3) is 0 Å². The quantitative estimate of drug-likeness (QED) is 0.670. The molecule has 2 nitrogen and oxygen atoms in total. The van der Waals surface area contributed by atoms with Gasteiger partial charge in [-0.3, -0.25) is 0 Å². The van der Waals surface area contributed by atoms with Crippen molar-refractivity contribution < 1.29 is 0 Å². The fraction of sp³-hybridized carbons (Fsp3) is 1.00. The van der Waals surface area contributed by atoms with Gasteiger partial charge in [0.05, 0.1) is 0 Å². The maximum absolute atomic E-state index is 6.05. The van der Waals surface area contributed by atoms with Gasteiger partial charge in [0.1, 0.15) is 0 Å². The number of nitrogens with one attached hydrogen (secondary N) is 1. The second-order valence-electron chi connectivity index (χ2n) is 5.93. The van der Waals surface area contributed by atoms with E-state index in [4.69, 9.17) is 5.73 Å². The topological polar surface area (TPSA) is 38.0 Å². The van der Waals surface area contributed by atoms with Crippen molar-refractivity contribution in [3.05, 3.63) is 0 Å². The molecule has 1 fully saturated rings. The normalized spacial score (nSPS) is 20.5. The molecule has 0 aliphatic heterocycles. The zero-order valence-electron chi connectivity index (χ0n) is 11.9. The summed E-state index contributed by atoms with van der Waals surface area (Å²) in [6.45, 7) is 7.76. The van der Waals surface area contributed by atoms with Gasteiger partial charge in [0, 0.05) is 6.54 Å². The molecule has 0 aromatic rings. The molecule has 1 rings (SSSR count). The van der Waals surface area contributed by atoms with Gasteiger partial charge in [-0.1, -0.05) is 52.4 Å². The third-order valence-electron chi connectivity index (χ3n) is 4.68. The van der Waals surface area contributed by atoms with E-state index in [2.05, 4.69) is 19.2 Å². The summed E-state index contributed by atoms with van der Waals surface area (Å²) >= 11 is 0. The lowest BCUT2D eigenvalue weighted by Gasteiger charge is -2.32. The summed E-state index contributed by atoms with van der Waals surface area (Å²) in [5.74, 6) is 0.843. The maximum atomic E-state index is 6.05. The standard InChI is InChI=1S/C15H32N2/c1-3-14(4-2)11-17-13-15(12-16)9-7-5-6-8-10-15/h14,17H,3-13,16H2,1-2H3. The van der Waals surface area contributed by atoms with Crippen LogP contribution < -0.4 is 11.1 Å². The van der Waals surface area contributed by atoms with E-state index >= 15 is 0 Å². The van der Waals surface area contributed by atoms with Crippen molar-refractivity contribution in [1.82, 2.24) is 5.32 Å². The summed E-state index contributed by atoms with van der Waals surface area (Å²) in [4.78, 5) is 0. The zero-order valence-corrected chi connectivity index (χ0v) is 11.9. The molecular weight excluding hydrogens is 208 g/mol. The second kappa shape index (κ2) is 8.10. The van der Waals surface area contributed by atoms with Crippen LogP contribution >= 0.6 is 0 Å². The van der Waals surface area contributed by atoms with E-state index < -0.39 is 0 Å². The average molecular weight is 240 g/mol. The van der Waals surface area contributed by atoms with Gasteiger partial charge >= 0.3 is 0 Å². The first kappa shape index (κ1) is 15.0. The van der Waals surface area contributed by atoms with Crippen LogP contribution in [0.15, 0.2) is 0 Å². The minimum atomic E-state index is 0.405. The number of hydrogen-bond acceptors (Lipinski definition) is 2. The van der Waals surface area contributed by atoms with E-state index in [0.717, 1.165) is 19.0 Å². The molecule has 0 spiro atoms. The highest BCUT2D eigenvalue weighted by molar-refractivity contribution is 4.85. The van der Waals surface area contributed by atoms with Crippen LogP contribution in [0.3, 0.4) is 0 Å². The van der Waals surface area contributed by atoms with Crippen LogP contribution in [0.25, 0.3) is 0 Å². The molecule has 3 N–H and O–H groups in total. The van der Waals surface area contributed by atoms with Crippen molar-refractivity contribution in [3.8, 4) is 0 Å². The molecule has 2 heteroatoms. The van der Waals surface area contributed by atoms with Gasteiger partial charge in [-0.2, -0.15) is 0 Å². The third kappa shape index (κ3) is 4.97. The minimum absolute atomic E-state index is 0.405. The Hall–Kier alpha value is -0.0800. The minimum Gasteiger partial charge on any atom is -0.330 e. The van der Waals surface area contributed by atoms with E-state index in [1.807, 2.05) is 0 Å². The van der Waals surface area contributed by atoms with Gasteiger partial charge < -0.3 is 11.1 Å². The van der Waals surface area contributed by atoms with Gasteiger partial charge in [0.2, 0.25) is 0 Å². The average Bonchev–Trinajstić information content (AvgIpc) is 2.61. The summed E-state index contributed by atoms with van der Waals surface area (Å²) < 4.78 is 0. The van der Waals surface area contributed by atoms with Crippen molar-refractivity contribution in [1.29, 1.82) is 0 Å². The monoisotopic (exact) mass is 240 g/mol. The highest BCUT2D eigenvalue weighted by Gasteiger charge is 2.29. The van der Waals surface area contributed by atoms with Crippen LogP contribution in [0, 0.1) is 11.3 Å². The van der Waals surface area contributed by atoms with E-state index in [1.165, 1.54) is 57.9 Å². The van der Waals surface area contributed by atoms with Gasteiger partial charge in [-0.25, -0.2) is 0 Å². The number of rotatable bonds is 7. The Morgan fingerprint density at radius 3 is 2.12 bits per heavy atom. The lowest BCUT2D eigenvalue weighted by Crippen LogP contribution is -2.41. The van der Waals surface area contributed by atoms with Crippen LogP contribution in [0.1, 0.15) is 65.2 Å². The van der Waals surface area contributed by atoms with Crippen LogP contribution in [0.5, 0.6) is 0 Å². The summed E-state index contributed by atoms with van der Waals surface area (Å²) in [5.41, 5.74) is 6.45. The zero-order chi connectivity index (χ0) is 12.6. The van der Waals surface area contributed by atoms with Crippen LogP contribution in [-0.2, 0) is 0 Å². The van der Waals surface area contributed by atoms with E-state index in [1.54, 1.807) is 0 Å². The molecule has 0 heterocycles. The summed E-state index contributed by atoms with van der Waals surface area (Å²) in [7, 11) is 0. The van der Waals surface area contributed by atoms with Crippen LogP contribution in [0.2, 0.25) is 0 Å². The van der Waals surface area contributed by atoms with Crippen molar-refractivity contribution in [2.45, 2.75) is 65.2 Å². The van der Waals surface area contributed by atoms with E-state index in [0.29, 0.717) is 5.41 Å². The Balaban J connectivity index is 2.34. The molecule has 17 heavy (non-hydrogen) atoms. The fourth-order valence-electron chi connectivity index (χ4n) is 3.05. The Kier molecular flexibility index (Phi) is 7.14. The smallest absolute Gasteiger partial charge is 0.00200 e. The van der Waals surface area contributed by atoms with Crippen LogP contribution in [0.4, 0.5) is 0 Å². The molecule has 1 aliphatic rings. The first-order valence-electron chi connectivity index (χ1n) is 7.67. The predicted octanol–water partition coefficient (Wildman–Crippen LogP) is 3.31. The Morgan fingerprint density at radius 1 is 1.06 bits per heavy atom. The molecule has 0 radical (unpaired) electrons. The second-order valence-corrected chi connectivity index (χ2v) is 5.93. The molecule has 1 saturated carbocycles. The molecule has 0 atom stereocenters. The SMILES string of the molecule is CCC(CC)CNCC1(CN)CCCCCC1. The molecule has 0 aromatic heterocycles. The summed E-state index contributed by atoms with van der Waals surface area (Å²) in [5, 5.41) is 3.70. The summed E-state index contributed by atoms with van der Waals surface area (Å²) in [6.07, 6.45) is 10.8. The van der Waals surface area contributed by atoms with Gasteiger partial charge in [-0.15, -0.1) is 0 Å². The largest absolute Gasteiger partial charge is 0.330 e. The third-order valence-corrected chi connectivity index (χ3v) is 4.68. The first-order chi connectivity index (χ1) is 8.26. The Bertz CT molecular complexity index is 179. The number of hydrogen-bond donors (Lipinski definition) is 2. The Labute approximate surface area is 108 Å². The highest BCUT2D eigenvalue weighted by atomic mass is 14.9. The first-order valence-corrected chi connectivity index (χ1v) is 7.67.